The summed E-state index contributed by atoms with van der Waals surface area (Å²) < 4.78 is 0. The van der Waals surface area contributed by atoms with Gasteiger partial charge in [0, 0.05) is 1630 Å². The van der Waals surface area contributed by atoms with Gasteiger partial charge in [-0.15, -0.1) is 0 Å². The number of rotatable bonds is 0. The maximum absolute atomic E-state index is 0. The van der Waals surface area contributed by atoms with E-state index >= 15 is 0 Å². The van der Waals surface area contributed by atoms with Crippen LogP contribution in [0.3, 0.4) is 0 Å². The van der Waals surface area contributed by atoms with Crippen molar-refractivity contribution < 1.29 is 3960 Å². The van der Waals surface area contributed by atoms with Crippen LogP contribution in [0.4, 0.5) is 0 Å². The molecule has 0 aromatic carbocycles. The molecule has 0 aliphatic carbocycles. The molecule has 0 aliphatic heterocycles. The van der Waals surface area contributed by atoms with E-state index in [4.69, 9.17) is 0 Å². The predicted octanol–water partition coefficient (Wildman–Crippen LogP) is -127. The molecule has 0 amide bonds. The summed E-state index contributed by atoms with van der Waals surface area (Å²) in [5.41, 5.74) is 0. The van der Waals surface area contributed by atoms with Crippen molar-refractivity contribution in [1.82, 2.24) is 0 Å². The second kappa shape index (κ2) is 885. The van der Waals surface area contributed by atoms with E-state index in [0.29, 0.717) is 0 Å². The van der Waals surface area contributed by atoms with Gasteiger partial charge < -0.3 is 62.8 Å². The maximum atomic E-state index is 0. The Kier molecular flexibility index (Phi) is 6780. The molecule has 0 fully saturated rings. The van der Waals surface area contributed by atoms with Gasteiger partial charge in [0.25, 0.3) is 0 Å². The quantitative estimate of drug-likeness (QED) is 0.212. The van der Waals surface area contributed by atoms with Crippen molar-refractivity contribution in [2.45, 2.75) is 0 Å². The predicted molar refractivity (Wildman–Crippen MR) is 48.9 cm³/mol. The molecule has 117 heavy (non-hydrogen) atoms. The van der Waals surface area contributed by atoms with E-state index in [2.05, 4.69) is 0 Å². The summed E-state index contributed by atoms with van der Waals surface area (Å²) in [7, 11) is 0. The molecule has 0 aromatic rings. The van der Waals surface area contributed by atoms with Crippen LogP contribution in [0.25, 0.3) is 0 Å². The van der Waals surface area contributed by atoms with Crippen molar-refractivity contribution in [3.63, 3.8) is 0 Å². The third kappa shape index (κ3) is 878. The monoisotopic (exact) mass is 16100 g/mol. The SMILES string of the molecule is [Au].[Au].[Au].[Au].[Au].[Au].[Au].[Au].[Au].[Au].[Au].[Au].[Au].[Au].[Au].[Au].[Au].[Au].[Au].[Au].[Au].[Au].[Au].[Au].[Au].[Au].[Au].[Au].[Au].[Au].[Au].[Au].[Au].[Au].[Au].[Au].[Au].[Au].[Au].[Au].[Au].[Au].[Au].[Au].[Au].[Au].[Au].[Au].[Au].[Au].[Au].[Au].[Au].[Au].[Au].[Au].[Au].[Au].[Au].[Au].[Au].[Au].[Au].[Au].[Au].[Au].[Au].[Au].[Au].[Au].[Au].[Au].[Au].[H-].[H-].[H-].[H-].[H-].[H-].[H-].[H-].[H-].[H-].[H-].[H-].[H-].[H-].[H-].[H-].[H-].[H-].[H-].[H-].[H-].[H-].[H-].[H-].[H-].[H-].[H-].[H-].[H-].[H-].[H-].[H-].[H-].[H-].[H-].[H-].[H-].[H-].[H-].[H-].[H-].[H-].[H-].[H-].[K+].[K+].[K+].[K+].[K+].[K+].[K+].[K+].[K+].[K+].[K+].[K+].[K+].[K+].[K+].[K+].[K+].[K+].[K+].[K+].[K+].[K+].[K+].[K+].[K+].[K+].[K+].[K+].[K+].[K+].[K+].[K+].[K+].[K+].[K+].[K+].[K+].[K+].[K+].[K+].[K+].[K+].[K+].[K+]. The first-order valence-electron chi connectivity index (χ1n) is 0. The molecule has 73 radical (unpaired) electrons. The van der Waals surface area contributed by atoms with Gasteiger partial charge in [0.1, 0.15) is 0 Å². The van der Waals surface area contributed by atoms with E-state index in [9.17, 15) is 0 Å². The van der Waals surface area contributed by atoms with Crippen molar-refractivity contribution in [2.24, 2.45) is 0 Å². The Morgan fingerprint density at radius 1 is 0.0256 bits per heavy atom. The maximum Gasteiger partial charge on any atom is 1.00 e. The van der Waals surface area contributed by atoms with Gasteiger partial charge in [0.2, 0.25) is 0 Å². The second-order valence-corrected chi connectivity index (χ2v) is 0. The summed E-state index contributed by atoms with van der Waals surface area (Å²) in [5.74, 6) is 0. The van der Waals surface area contributed by atoms with Gasteiger partial charge in [-0.05, 0) is 0 Å². The molecule has 0 atom stereocenters. The van der Waals surface area contributed by atoms with Gasteiger partial charge in [-0.25, -0.2) is 0 Å². The van der Waals surface area contributed by atoms with Crippen molar-refractivity contribution in [1.29, 1.82) is 0 Å². The largest absolute Gasteiger partial charge is 1.00 e. The molecule has 0 saturated heterocycles. The fourth-order valence-corrected chi connectivity index (χ4v) is 0. The molecule has 117 heteroatoms. The molecule has 0 unspecified atom stereocenters. The van der Waals surface area contributed by atoms with E-state index < -0.39 is 0 Å². The summed E-state index contributed by atoms with van der Waals surface area (Å²) in [6.45, 7) is 0. The van der Waals surface area contributed by atoms with Crippen molar-refractivity contribution in [3.05, 3.63) is 0 Å². The van der Waals surface area contributed by atoms with Crippen LogP contribution in [0.2, 0.25) is 0 Å². The van der Waals surface area contributed by atoms with Gasteiger partial charge in [-0.2, -0.15) is 0 Å². The Morgan fingerprint density at radius 2 is 0.0256 bits per heavy atom. The molecule has 0 bridgehead atoms. The van der Waals surface area contributed by atoms with Crippen molar-refractivity contribution in [2.75, 3.05) is 0 Å². The first kappa shape index (κ1) is 896. The van der Waals surface area contributed by atoms with Crippen LogP contribution in [0.15, 0.2) is 0 Å². The minimum atomic E-state index is 0. The van der Waals surface area contributed by atoms with E-state index in [-0.39, 0.29) is 3960 Å². The van der Waals surface area contributed by atoms with Crippen LogP contribution in [0.1, 0.15) is 62.8 Å². The summed E-state index contributed by atoms with van der Waals surface area (Å²) >= 11 is 0. The van der Waals surface area contributed by atoms with Crippen molar-refractivity contribution in [3.8, 4) is 0 Å². The Labute approximate surface area is 3800 Å². The molecular formula is H44Au73K44. The summed E-state index contributed by atoms with van der Waals surface area (Å²) in [4.78, 5) is 0. The molecule has 0 rings (SSSR count). The van der Waals surface area contributed by atoms with E-state index in [1.54, 1.807) is 0 Å². The Balaban J connectivity index is 0. The van der Waals surface area contributed by atoms with Crippen LogP contribution in [0, 0.1) is 0 Å². The molecule has 0 aromatic heterocycles. The minimum absolute atomic E-state index is 0. The first-order chi connectivity index (χ1) is 0. The second-order valence-electron chi connectivity index (χ2n) is 0. The minimum Gasteiger partial charge on any atom is -1.00 e. The molecule has 0 saturated carbocycles. The molecular weight excluding hydrogens is 16100 g/mol. The van der Waals surface area contributed by atoms with Crippen molar-refractivity contribution >= 4 is 0 Å². The van der Waals surface area contributed by atoms with Crippen LogP contribution >= 0.6 is 0 Å². The third-order valence-corrected chi connectivity index (χ3v) is 0. The summed E-state index contributed by atoms with van der Waals surface area (Å²) in [5, 5.41) is 0. The Hall–Kier alpha value is 126. The fraction of sp³-hybridized carbons (Fsp3) is 0. The fourth-order valence-electron chi connectivity index (χ4n) is 0. The molecule has 0 spiro atoms. The molecule has 0 heterocycles. The third-order valence-electron chi connectivity index (χ3n) is 0. The zero-order chi connectivity index (χ0) is 0. The smallest absolute Gasteiger partial charge is 1.00 e. The summed E-state index contributed by atoms with van der Waals surface area (Å²) in [6.07, 6.45) is 0. The number of hydrogen-bond donors (Lipinski definition) is 0. The van der Waals surface area contributed by atoms with E-state index in [1.165, 1.54) is 0 Å². The molecule has 0 aliphatic rings. The van der Waals surface area contributed by atoms with Gasteiger partial charge in [-0.1, -0.05) is 0 Å². The average Bonchev–Trinajstić information content (AvgIpc) is 0. The normalized spacial score (nSPS) is 0. The van der Waals surface area contributed by atoms with Gasteiger partial charge in [0.15, 0.2) is 0 Å². The molecule has 0 N–H and O–H groups in total. The van der Waals surface area contributed by atoms with Crippen LogP contribution < -0.4 is 2260 Å². The average molecular weight is 16100 g/mol. The van der Waals surface area contributed by atoms with Crippen LogP contribution in [-0.2, 0) is 1630 Å². The van der Waals surface area contributed by atoms with Gasteiger partial charge in [0.05, 0.1) is 0 Å². The summed E-state index contributed by atoms with van der Waals surface area (Å²) in [6, 6.07) is 0. The first-order valence-corrected chi connectivity index (χ1v) is 0. The molecule has 891 valence electrons. The van der Waals surface area contributed by atoms with E-state index in [1.807, 2.05) is 0 Å². The zero-order valence-corrected chi connectivity index (χ0v) is 362. The van der Waals surface area contributed by atoms with Crippen LogP contribution in [0.5, 0.6) is 0 Å². The standard InChI is InChI=1S/73Au.44K.44H/q;;;;;;;;;;;;;;;;;;;;;;;;;;;;;;;;;;;;;;;;;;;;;;;;;;;;;;;;;;;;;;;;;;;;;;;;;44*+1;44*-1. The topological polar surface area (TPSA) is 0 Å². The van der Waals surface area contributed by atoms with Gasteiger partial charge in [-0.3, -0.25) is 0 Å². The molecule has 0 nitrogen and oxygen atoms in total. The Morgan fingerprint density at radius 3 is 0.0256 bits per heavy atom. The van der Waals surface area contributed by atoms with Gasteiger partial charge >= 0.3 is 2260 Å². The van der Waals surface area contributed by atoms with E-state index in [0.717, 1.165) is 0 Å². The number of hydrogen-bond acceptors (Lipinski definition) is 0. The van der Waals surface area contributed by atoms with Crippen LogP contribution in [-0.4, -0.2) is 0 Å². The zero-order valence-electron chi connectivity index (χ0n) is 110. The Bertz CT molecular complexity index is 248.